The lowest BCUT2D eigenvalue weighted by Crippen LogP contribution is -2.31. The minimum absolute atomic E-state index is 0.00543. The molecule has 1 aromatic heterocycles. The molecule has 1 unspecified atom stereocenters. The van der Waals surface area contributed by atoms with Crippen LogP contribution >= 0.6 is 0 Å². The maximum atomic E-state index is 9.17. The highest BCUT2D eigenvalue weighted by Gasteiger charge is 2.34. The fourth-order valence-electron chi connectivity index (χ4n) is 2.25. The first kappa shape index (κ1) is 14.0. The summed E-state index contributed by atoms with van der Waals surface area (Å²) in [6, 6.07) is 1.78. The summed E-state index contributed by atoms with van der Waals surface area (Å²) in [5.41, 5.74) is 0.00543. The van der Waals surface area contributed by atoms with E-state index in [4.69, 9.17) is 9.47 Å². The molecule has 2 heterocycles. The molecule has 1 aromatic rings. The Labute approximate surface area is 113 Å². The Morgan fingerprint density at radius 2 is 2.42 bits per heavy atom. The van der Waals surface area contributed by atoms with Crippen LogP contribution in [0.25, 0.3) is 0 Å². The standard InChI is InChI=1S/C13H21N3O3/c1-2-19-12-7-11(15-10-16-12)14-8-13(3-5-17)4-6-18-9-13/h7,10,17H,2-6,8-9H2,1H3,(H,14,15,16). The smallest absolute Gasteiger partial charge is 0.218 e. The molecule has 0 bridgehead atoms. The molecule has 0 radical (unpaired) electrons. The highest BCUT2D eigenvalue weighted by molar-refractivity contribution is 5.37. The summed E-state index contributed by atoms with van der Waals surface area (Å²) >= 11 is 0. The second-order valence-electron chi connectivity index (χ2n) is 4.80. The zero-order chi connectivity index (χ0) is 13.6. The van der Waals surface area contributed by atoms with E-state index in [1.807, 2.05) is 6.92 Å². The summed E-state index contributed by atoms with van der Waals surface area (Å²) in [6.07, 6.45) is 3.19. The van der Waals surface area contributed by atoms with Crippen molar-refractivity contribution in [3.8, 4) is 5.88 Å². The van der Waals surface area contributed by atoms with Crippen molar-refractivity contribution in [1.29, 1.82) is 0 Å². The van der Waals surface area contributed by atoms with Crippen LogP contribution in [0.4, 0.5) is 5.82 Å². The van der Waals surface area contributed by atoms with Crippen LogP contribution in [0.1, 0.15) is 19.8 Å². The van der Waals surface area contributed by atoms with Crippen LogP contribution in [0, 0.1) is 5.41 Å². The zero-order valence-corrected chi connectivity index (χ0v) is 11.3. The molecule has 1 aliphatic heterocycles. The summed E-state index contributed by atoms with van der Waals surface area (Å²) in [6.45, 7) is 4.86. The average Bonchev–Trinajstić information content (AvgIpc) is 2.87. The number of aliphatic hydroxyl groups is 1. The van der Waals surface area contributed by atoms with Crippen molar-refractivity contribution >= 4 is 5.82 Å². The molecule has 0 amide bonds. The van der Waals surface area contributed by atoms with Crippen molar-refractivity contribution in [1.82, 2.24) is 9.97 Å². The third-order valence-electron chi connectivity index (χ3n) is 3.41. The van der Waals surface area contributed by atoms with Gasteiger partial charge in [-0.3, -0.25) is 0 Å². The van der Waals surface area contributed by atoms with Crippen LogP contribution < -0.4 is 10.1 Å². The molecular weight excluding hydrogens is 246 g/mol. The maximum Gasteiger partial charge on any atom is 0.218 e. The van der Waals surface area contributed by atoms with E-state index in [1.165, 1.54) is 6.33 Å². The fraction of sp³-hybridized carbons (Fsp3) is 0.692. The van der Waals surface area contributed by atoms with Crippen molar-refractivity contribution in [3.63, 3.8) is 0 Å². The predicted octanol–water partition coefficient (Wildman–Crippen LogP) is 1.08. The number of hydrogen-bond donors (Lipinski definition) is 2. The van der Waals surface area contributed by atoms with Crippen LogP contribution in [0.2, 0.25) is 0 Å². The highest BCUT2D eigenvalue weighted by atomic mass is 16.5. The molecule has 2 N–H and O–H groups in total. The van der Waals surface area contributed by atoms with Crippen molar-refractivity contribution in [3.05, 3.63) is 12.4 Å². The lowest BCUT2D eigenvalue weighted by atomic mass is 9.84. The number of aromatic nitrogens is 2. The van der Waals surface area contributed by atoms with Gasteiger partial charge in [0.2, 0.25) is 5.88 Å². The van der Waals surface area contributed by atoms with Gasteiger partial charge in [0.1, 0.15) is 12.1 Å². The Bertz CT molecular complexity index is 394. The van der Waals surface area contributed by atoms with Gasteiger partial charge < -0.3 is 19.9 Å². The third kappa shape index (κ3) is 3.78. The Hall–Kier alpha value is -1.40. The molecular formula is C13H21N3O3. The predicted molar refractivity (Wildman–Crippen MR) is 71.3 cm³/mol. The van der Waals surface area contributed by atoms with Gasteiger partial charge in [-0.2, -0.15) is 0 Å². The molecule has 1 atom stereocenters. The first-order valence-electron chi connectivity index (χ1n) is 6.65. The molecule has 1 fully saturated rings. The van der Waals surface area contributed by atoms with Gasteiger partial charge in [0.15, 0.2) is 0 Å². The Morgan fingerprint density at radius 1 is 1.53 bits per heavy atom. The first-order valence-corrected chi connectivity index (χ1v) is 6.65. The van der Waals surface area contributed by atoms with Crippen LogP contribution in [0.15, 0.2) is 12.4 Å². The minimum Gasteiger partial charge on any atom is -0.478 e. The molecule has 1 aliphatic rings. The van der Waals surface area contributed by atoms with E-state index in [-0.39, 0.29) is 12.0 Å². The van der Waals surface area contributed by atoms with Gasteiger partial charge in [-0.15, -0.1) is 0 Å². The molecule has 106 valence electrons. The first-order chi connectivity index (χ1) is 9.28. The third-order valence-corrected chi connectivity index (χ3v) is 3.41. The molecule has 0 spiro atoms. The molecule has 0 aromatic carbocycles. The number of ether oxygens (including phenoxy) is 2. The van der Waals surface area contributed by atoms with Gasteiger partial charge in [-0.05, 0) is 19.8 Å². The largest absolute Gasteiger partial charge is 0.478 e. The highest BCUT2D eigenvalue weighted by Crippen LogP contribution is 2.32. The number of nitrogens with one attached hydrogen (secondary N) is 1. The maximum absolute atomic E-state index is 9.17. The van der Waals surface area contributed by atoms with Crippen LogP contribution in [0.5, 0.6) is 5.88 Å². The van der Waals surface area contributed by atoms with Crippen molar-refractivity contribution in [2.75, 3.05) is 38.3 Å². The zero-order valence-electron chi connectivity index (χ0n) is 11.3. The van der Waals surface area contributed by atoms with E-state index in [9.17, 15) is 5.11 Å². The molecule has 6 nitrogen and oxygen atoms in total. The Kier molecular flexibility index (Phi) is 4.93. The normalized spacial score (nSPS) is 22.4. The van der Waals surface area contributed by atoms with Crippen molar-refractivity contribution in [2.24, 2.45) is 5.41 Å². The van der Waals surface area contributed by atoms with E-state index >= 15 is 0 Å². The topological polar surface area (TPSA) is 76.5 Å². The summed E-state index contributed by atoms with van der Waals surface area (Å²) in [5.74, 6) is 1.31. The second-order valence-corrected chi connectivity index (χ2v) is 4.80. The van der Waals surface area contributed by atoms with Gasteiger partial charge in [-0.1, -0.05) is 0 Å². The van der Waals surface area contributed by atoms with Gasteiger partial charge in [-0.25, -0.2) is 9.97 Å². The van der Waals surface area contributed by atoms with Gasteiger partial charge in [0, 0.05) is 31.2 Å². The van der Waals surface area contributed by atoms with Gasteiger partial charge in [0.05, 0.1) is 13.2 Å². The number of rotatable bonds is 7. The summed E-state index contributed by atoms with van der Waals surface area (Å²) in [5, 5.41) is 12.5. The average molecular weight is 267 g/mol. The lowest BCUT2D eigenvalue weighted by molar-refractivity contribution is 0.133. The Balaban J connectivity index is 1.95. The van der Waals surface area contributed by atoms with Crippen LogP contribution in [-0.2, 0) is 4.74 Å². The number of nitrogens with zero attached hydrogens (tertiary/aromatic N) is 2. The number of hydrogen-bond acceptors (Lipinski definition) is 6. The molecule has 1 saturated heterocycles. The minimum atomic E-state index is 0.00543. The van der Waals surface area contributed by atoms with E-state index in [1.54, 1.807) is 6.07 Å². The molecule has 0 aliphatic carbocycles. The van der Waals surface area contributed by atoms with Gasteiger partial charge in [0.25, 0.3) is 0 Å². The summed E-state index contributed by atoms with van der Waals surface area (Å²) in [7, 11) is 0. The van der Waals surface area contributed by atoms with Gasteiger partial charge >= 0.3 is 0 Å². The Morgan fingerprint density at radius 3 is 3.11 bits per heavy atom. The summed E-state index contributed by atoms with van der Waals surface area (Å²) in [4.78, 5) is 8.19. The molecule has 2 rings (SSSR count). The fourth-order valence-corrected chi connectivity index (χ4v) is 2.25. The van der Waals surface area contributed by atoms with Crippen molar-refractivity contribution in [2.45, 2.75) is 19.8 Å². The van der Waals surface area contributed by atoms with E-state index < -0.39 is 0 Å². The lowest BCUT2D eigenvalue weighted by Gasteiger charge is -2.26. The molecule has 6 heteroatoms. The number of anilines is 1. The second kappa shape index (κ2) is 6.68. The quantitative estimate of drug-likeness (QED) is 0.769. The van der Waals surface area contributed by atoms with Crippen molar-refractivity contribution < 1.29 is 14.6 Å². The summed E-state index contributed by atoms with van der Waals surface area (Å²) < 4.78 is 10.8. The van der Waals surface area contributed by atoms with E-state index in [0.29, 0.717) is 19.1 Å². The van der Waals surface area contributed by atoms with E-state index in [2.05, 4.69) is 15.3 Å². The van der Waals surface area contributed by atoms with Crippen LogP contribution in [0.3, 0.4) is 0 Å². The van der Waals surface area contributed by atoms with Crippen LogP contribution in [-0.4, -0.2) is 48.0 Å². The molecule has 0 saturated carbocycles. The number of aliphatic hydroxyl groups excluding tert-OH is 1. The van der Waals surface area contributed by atoms with E-state index in [0.717, 1.165) is 31.8 Å². The molecule has 19 heavy (non-hydrogen) atoms. The monoisotopic (exact) mass is 267 g/mol. The SMILES string of the molecule is CCOc1cc(NCC2(CCO)CCOC2)ncn1.